The molecule has 3 rings (SSSR count). The molecule has 0 radical (unpaired) electrons. The second-order valence-electron chi connectivity index (χ2n) is 9.85. The number of carbonyl (C=O) groups is 2. The van der Waals surface area contributed by atoms with Gasteiger partial charge in [0, 0.05) is 12.6 Å². The number of benzene rings is 2. The van der Waals surface area contributed by atoms with Crippen LogP contribution in [0.15, 0.2) is 42.5 Å². The maximum absolute atomic E-state index is 13.9. The third-order valence-electron chi connectivity index (χ3n) is 7.21. The predicted octanol–water partition coefficient (Wildman–Crippen LogP) is 4.24. The number of hydrogen-bond acceptors (Lipinski definition) is 4. The van der Waals surface area contributed by atoms with Crippen LogP contribution in [0.1, 0.15) is 61.3 Å². The summed E-state index contributed by atoms with van der Waals surface area (Å²) in [6.07, 6.45) is 5.61. The molecule has 2 amide bonds. The van der Waals surface area contributed by atoms with Gasteiger partial charge in [0.2, 0.25) is 21.8 Å². The van der Waals surface area contributed by atoms with E-state index in [-0.39, 0.29) is 25.0 Å². The summed E-state index contributed by atoms with van der Waals surface area (Å²) in [6.45, 7) is 7.47. The lowest BCUT2D eigenvalue weighted by Gasteiger charge is -2.34. The van der Waals surface area contributed by atoms with E-state index < -0.39 is 22.0 Å². The molecule has 0 spiro atoms. The topological polar surface area (TPSA) is 86.8 Å². The van der Waals surface area contributed by atoms with Crippen molar-refractivity contribution in [2.45, 2.75) is 78.4 Å². The fourth-order valence-corrected chi connectivity index (χ4v) is 5.76. The van der Waals surface area contributed by atoms with Gasteiger partial charge in [-0.25, -0.2) is 8.42 Å². The van der Waals surface area contributed by atoms with Gasteiger partial charge in [0.25, 0.3) is 0 Å². The van der Waals surface area contributed by atoms with Crippen molar-refractivity contribution in [3.8, 4) is 0 Å². The number of sulfonamides is 1. The molecule has 1 fully saturated rings. The molecular weight excluding hydrogens is 474 g/mol. The first-order chi connectivity index (χ1) is 17.0. The van der Waals surface area contributed by atoms with Crippen molar-refractivity contribution in [3.05, 3.63) is 64.7 Å². The molecule has 1 aliphatic carbocycles. The maximum Gasteiger partial charge on any atom is 0.244 e. The Morgan fingerprint density at radius 1 is 1.00 bits per heavy atom. The maximum atomic E-state index is 13.9. The molecule has 1 saturated carbocycles. The fourth-order valence-electron chi connectivity index (χ4n) is 4.86. The van der Waals surface area contributed by atoms with Crippen LogP contribution in [0.2, 0.25) is 0 Å². The Hall–Kier alpha value is -2.87. The number of nitrogens with zero attached hydrogens (tertiary/aromatic N) is 2. The van der Waals surface area contributed by atoms with Crippen LogP contribution in [-0.2, 0) is 26.2 Å². The van der Waals surface area contributed by atoms with Gasteiger partial charge in [-0.3, -0.25) is 13.9 Å². The van der Waals surface area contributed by atoms with Crippen LogP contribution < -0.4 is 9.62 Å². The van der Waals surface area contributed by atoms with E-state index in [1.807, 2.05) is 58.0 Å². The van der Waals surface area contributed by atoms with Crippen LogP contribution in [0, 0.1) is 20.8 Å². The highest BCUT2D eigenvalue weighted by molar-refractivity contribution is 7.92. The molecule has 1 N–H and O–H groups in total. The predicted molar refractivity (Wildman–Crippen MR) is 144 cm³/mol. The number of nitrogens with one attached hydrogen (secondary N) is 1. The molecule has 1 atom stereocenters. The molecule has 0 saturated heterocycles. The fraction of sp³-hybridized carbons (Fsp3) is 0.500. The van der Waals surface area contributed by atoms with Crippen molar-refractivity contribution < 1.29 is 18.0 Å². The Bertz CT molecular complexity index is 1190. The summed E-state index contributed by atoms with van der Waals surface area (Å²) in [5.41, 5.74) is 4.15. The van der Waals surface area contributed by atoms with E-state index in [4.69, 9.17) is 0 Å². The summed E-state index contributed by atoms with van der Waals surface area (Å²) in [5.74, 6) is -0.581. The Labute approximate surface area is 215 Å². The standard InChI is InChI=1S/C28H39N3O4S/c1-6-25(28(33)29-24-15-9-10-16-24)30(18-23-14-8-7-12-21(23)3)27(32)19-31(36(5,34)35)26-17-11-13-20(2)22(26)4/h7-8,11-14,17,24-25H,6,9-10,15-16,18-19H2,1-5H3,(H,29,33). The minimum Gasteiger partial charge on any atom is -0.352 e. The second kappa shape index (κ2) is 11.9. The van der Waals surface area contributed by atoms with Crippen molar-refractivity contribution in [1.82, 2.24) is 10.2 Å². The van der Waals surface area contributed by atoms with Crippen molar-refractivity contribution >= 4 is 27.5 Å². The summed E-state index contributed by atoms with van der Waals surface area (Å²) in [4.78, 5) is 28.8. The highest BCUT2D eigenvalue weighted by Crippen LogP contribution is 2.26. The van der Waals surface area contributed by atoms with Crippen LogP contribution in [0.3, 0.4) is 0 Å². The van der Waals surface area contributed by atoms with Gasteiger partial charge in [-0.15, -0.1) is 0 Å². The summed E-state index contributed by atoms with van der Waals surface area (Å²) >= 11 is 0. The summed E-state index contributed by atoms with van der Waals surface area (Å²) in [7, 11) is -3.75. The van der Waals surface area contributed by atoms with Crippen molar-refractivity contribution in [2.75, 3.05) is 17.1 Å². The van der Waals surface area contributed by atoms with E-state index in [0.29, 0.717) is 12.1 Å². The molecule has 2 aromatic rings. The van der Waals surface area contributed by atoms with Crippen LogP contribution in [-0.4, -0.2) is 50.0 Å². The number of rotatable bonds is 10. The molecule has 1 unspecified atom stereocenters. The van der Waals surface area contributed by atoms with Crippen LogP contribution in [0.5, 0.6) is 0 Å². The zero-order valence-corrected chi connectivity index (χ0v) is 22.9. The van der Waals surface area contributed by atoms with Crippen molar-refractivity contribution in [3.63, 3.8) is 0 Å². The van der Waals surface area contributed by atoms with Gasteiger partial charge in [0.15, 0.2) is 0 Å². The normalized spacial score (nSPS) is 14.9. The highest BCUT2D eigenvalue weighted by Gasteiger charge is 2.33. The van der Waals surface area contributed by atoms with E-state index in [9.17, 15) is 18.0 Å². The zero-order valence-electron chi connectivity index (χ0n) is 22.1. The first-order valence-corrected chi connectivity index (χ1v) is 14.6. The van der Waals surface area contributed by atoms with E-state index in [0.717, 1.165) is 58.5 Å². The van der Waals surface area contributed by atoms with E-state index in [1.165, 1.54) is 0 Å². The molecule has 36 heavy (non-hydrogen) atoms. The molecular formula is C28H39N3O4S. The second-order valence-corrected chi connectivity index (χ2v) is 11.8. The van der Waals surface area contributed by atoms with Crippen LogP contribution in [0.25, 0.3) is 0 Å². The van der Waals surface area contributed by atoms with E-state index in [2.05, 4.69) is 5.32 Å². The van der Waals surface area contributed by atoms with Gasteiger partial charge in [0.05, 0.1) is 11.9 Å². The number of anilines is 1. The van der Waals surface area contributed by atoms with Gasteiger partial charge in [-0.2, -0.15) is 0 Å². The average Bonchev–Trinajstić information content (AvgIpc) is 3.33. The molecule has 7 nitrogen and oxygen atoms in total. The zero-order chi connectivity index (χ0) is 26.5. The third kappa shape index (κ3) is 6.66. The molecule has 8 heteroatoms. The lowest BCUT2D eigenvalue weighted by molar-refractivity contribution is -0.140. The van der Waals surface area contributed by atoms with Gasteiger partial charge in [0.1, 0.15) is 12.6 Å². The minimum atomic E-state index is -3.75. The first kappa shape index (κ1) is 27.7. The Morgan fingerprint density at radius 2 is 1.64 bits per heavy atom. The van der Waals surface area contributed by atoms with Gasteiger partial charge in [-0.1, -0.05) is 56.2 Å². The number of hydrogen-bond donors (Lipinski definition) is 1. The Kier molecular flexibility index (Phi) is 9.17. The quantitative estimate of drug-likeness (QED) is 0.515. The van der Waals surface area contributed by atoms with Crippen molar-refractivity contribution in [1.29, 1.82) is 0 Å². The summed E-state index contributed by atoms with van der Waals surface area (Å²) in [6, 6.07) is 12.6. The molecule has 0 heterocycles. The SMILES string of the molecule is CCC(C(=O)NC1CCCC1)N(Cc1ccccc1C)C(=O)CN(c1cccc(C)c1C)S(C)(=O)=O. The van der Waals surface area contributed by atoms with Gasteiger partial charge < -0.3 is 10.2 Å². The monoisotopic (exact) mass is 513 g/mol. The summed E-state index contributed by atoms with van der Waals surface area (Å²) in [5, 5.41) is 3.13. The molecule has 1 aliphatic rings. The number of aryl methyl sites for hydroxylation is 2. The van der Waals surface area contributed by atoms with E-state index >= 15 is 0 Å². The van der Waals surface area contributed by atoms with Crippen LogP contribution >= 0.6 is 0 Å². The number of amides is 2. The Balaban J connectivity index is 1.96. The molecule has 196 valence electrons. The lowest BCUT2D eigenvalue weighted by Crippen LogP contribution is -2.53. The molecule has 0 aliphatic heterocycles. The number of carbonyl (C=O) groups excluding carboxylic acids is 2. The molecule has 0 aromatic heterocycles. The first-order valence-electron chi connectivity index (χ1n) is 12.7. The van der Waals surface area contributed by atoms with Crippen molar-refractivity contribution in [2.24, 2.45) is 0 Å². The highest BCUT2D eigenvalue weighted by atomic mass is 32.2. The third-order valence-corrected chi connectivity index (χ3v) is 8.34. The van der Waals surface area contributed by atoms with Gasteiger partial charge in [-0.05, 0) is 68.4 Å². The lowest BCUT2D eigenvalue weighted by atomic mass is 10.1. The smallest absolute Gasteiger partial charge is 0.244 e. The molecule has 2 aromatic carbocycles. The minimum absolute atomic E-state index is 0.129. The average molecular weight is 514 g/mol. The largest absolute Gasteiger partial charge is 0.352 e. The summed E-state index contributed by atoms with van der Waals surface area (Å²) < 4.78 is 26.8. The molecule has 0 bridgehead atoms. The van der Waals surface area contributed by atoms with E-state index in [1.54, 1.807) is 17.0 Å². The van der Waals surface area contributed by atoms with Gasteiger partial charge >= 0.3 is 0 Å². The Morgan fingerprint density at radius 3 is 2.25 bits per heavy atom. The van der Waals surface area contributed by atoms with Crippen LogP contribution in [0.4, 0.5) is 5.69 Å².